The molecule has 1 aliphatic heterocycles. The highest BCUT2D eigenvalue weighted by atomic mass is 16.6. The highest BCUT2D eigenvalue weighted by Crippen LogP contribution is 2.05. The fourth-order valence-corrected chi connectivity index (χ4v) is 1.43. The van der Waals surface area contributed by atoms with Gasteiger partial charge in [0.15, 0.2) is 0 Å². The highest BCUT2D eigenvalue weighted by molar-refractivity contribution is 5.86. The van der Waals surface area contributed by atoms with Crippen molar-refractivity contribution < 1.29 is 9.57 Å². The Balaban J connectivity index is 1.78. The molecular formula is C11H14N2O2. The largest absolute Gasteiger partial charge is 0.395 e. The molecule has 1 aromatic rings. The van der Waals surface area contributed by atoms with Crippen molar-refractivity contribution in [3.05, 3.63) is 29.6 Å². The molecular weight excluding hydrogens is 192 g/mol. The molecule has 0 radical (unpaired) electrons. The first kappa shape index (κ1) is 10.1. The molecule has 80 valence electrons. The van der Waals surface area contributed by atoms with Gasteiger partial charge in [-0.25, -0.2) is 0 Å². The Hall–Kier alpha value is -1.42. The summed E-state index contributed by atoms with van der Waals surface area (Å²) in [6.07, 6.45) is 2.68. The van der Waals surface area contributed by atoms with Crippen molar-refractivity contribution in [3.63, 3.8) is 0 Å². The lowest BCUT2D eigenvalue weighted by Gasteiger charge is -2.03. The summed E-state index contributed by atoms with van der Waals surface area (Å²) in [5, 5.41) is 3.86. The molecule has 15 heavy (non-hydrogen) atoms. The number of pyridine rings is 1. The van der Waals surface area contributed by atoms with E-state index in [2.05, 4.69) is 10.1 Å². The summed E-state index contributed by atoms with van der Waals surface area (Å²) in [6.45, 7) is 3.81. The van der Waals surface area contributed by atoms with E-state index in [0.717, 1.165) is 23.4 Å². The van der Waals surface area contributed by atoms with Crippen LogP contribution < -0.4 is 0 Å². The molecule has 2 heterocycles. The first-order valence-corrected chi connectivity index (χ1v) is 5.01. The number of aryl methyl sites for hydroxylation is 1. The van der Waals surface area contributed by atoms with Gasteiger partial charge in [-0.3, -0.25) is 4.98 Å². The topological polar surface area (TPSA) is 43.7 Å². The first-order chi connectivity index (χ1) is 7.34. The van der Waals surface area contributed by atoms with E-state index in [1.807, 2.05) is 19.1 Å². The van der Waals surface area contributed by atoms with Crippen LogP contribution >= 0.6 is 0 Å². The molecule has 1 aliphatic rings. The second-order valence-electron chi connectivity index (χ2n) is 3.54. The second kappa shape index (κ2) is 4.89. The number of ether oxygens (including phenoxy) is 1. The molecule has 4 heteroatoms. The Bertz CT molecular complexity index is 363. The third-order valence-corrected chi connectivity index (χ3v) is 2.17. The molecule has 0 saturated heterocycles. The van der Waals surface area contributed by atoms with E-state index < -0.39 is 0 Å². The standard InChI is InChI=1S/C11H14N2O2/c1-9-6-10(2-4-12-9)7-14-8-11-3-5-15-13-11/h2,4,6H,3,5,7-8H2,1H3. The predicted octanol–water partition coefficient (Wildman–Crippen LogP) is 1.68. The van der Waals surface area contributed by atoms with Gasteiger partial charge in [0, 0.05) is 18.3 Å². The van der Waals surface area contributed by atoms with Crippen molar-refractivity contribution in [3.8, 4) is 0 Å². The Kier molecular flexibility index (Phi) is 3.29. The van der Waals surface area contributed by atoms with Gasteiger partial charge >= 0.3 is 0 Å². The highest BCUT2D eigenvalue weighted by Gasteiger charge is 2.07. The maximum absolute atomic E-state index is 5.52. The van der Waals surface area contributed by atoms with Gasteiger partial charge < -0.3 is 9.57 Å². The monoisotopic (exact) mass is 206 g/mol. The van der Waals surface area contributed by atoms with E-state index in [0.29, 0.717) is 19.8 Å². The Morgan fingerprint density at radius 1 is 1.47 bits per heavy atom. The van der Waals surface area contributed by atoms with Gasteiger partial charge in [0.1, 0.15) is 6.61 Å². The van der Waals surface area contributed by atoms with E-state index in [9.17, 15) is 0 Å². The van der Waals surface area contributed by atoms with E-state index in [1.54, 1.807) is 6.20 Å². The predicted molar refractivity (Wildman–Crippen MR) is 56.6 cm³/mol. The van der Waals surface area contributed by atoms with Crippen LogP contribution in [0.5, 0.6) is 0 Å². The molecule has 0 spiro atoms. The minimum atomic E-state index is 0.557. The van der Waals surface area contributed by atoms with Crippen molar-refractivity contribution in [1.82, 2.24) is 4.98 Å². The molecule has 0 saturated carbocycles. The minimum Gasteiger partial charge on any atom is -0.395 e. The summed E-state index contributed by atoms with van der Waals surface area (Å²) in [4.78, 5) is 9.00. The average Bonchev–Trinajstić information content (AvgIpc) is 2.71. The van der Waals surface area contributed by atoms with E-state index >= 15 is 0 Å². The number of aromatic nitrogens is 1. The van der Waals surface area contributed by atoms with Gasteiger partial charge in [-0.15, -0.1) is 0 Å². The molecule has 0 aliphatic carbocycles. The maximum Gasteiger partial charge on any atom is 0.122 e. The van der Waals surface area contributed by atoms with Crippen LogP contribution in [0, 0.1) is 6.92 Å². The lowest BCUT2D eigenvalue weighted by Crippen LogP contribution is -2.06. The molecule has 2 rings (SSSR count). The lowest BCUT2D eigenvalue weighted by atomic mass is 10.2. The Morgan fingerprint density at radius 3 is 3.13 bits per heavy atom. The van der Waals surface area contributed by atoms with Crippen molar-refractivity contribution >= 4 is 5.71 Å². The molecule has 0 bridgehead atoms. The summed E-state index contributed by atoms with van der Waals surface area (Å²) in [5.41, 5.74) is 3.14. The van der Waals surface area contributed by atoms with Crippen LogP contribution in [0.1, 0.15) is 17.7 Å². The molecule has 0 amide bonds. The van der Waals surface area contributed by atoms with Gasteiger partial charge in [-0.1, -0.05) is 5.16 Å². The summed E-state index contributed by atoms with van der Waals surface area (Å²) in [6, 6.07) is 3.98. The number of nitrogens with zero attached hydrogens (tertiary/aromatic N) is 2. The second-order valence-corrected chi connectivity index (χ2v) is 3.54. The number of rotatable bonds is 4. The van der Waals surface area contributed by atoms with Crippen LogP contribution in [0.2, 0.25) is 0 Å². The fraction of sp³-hybridized carbons (Fsp3) is 0.455. The molecule has 0 N–H and O–H groups in total. The SMILES string of the molecule is Cc1cc(COCC2=NOCC2)ccn1. The number of hydrogen-bond acceptors (Lipinski definition) is 4. The van der Waals surface area contributed by atoms with Crippen molar-refractivity contribution in [1.29, 1.82) is 0 Å². The van der Waals surface area contributed by atoms with Gasteiger partial charge in [0.2, 0.25) is 0 Å². The van der Waals surface area contributed by atoms with Crippen LogP contribution in [0.25, 0.3) is 0 Å². The zero-order valence-corrected chi connectivity index (χ0v) is 8.77. The first-order valence-electron chi connectivity index (χ1n) is 5.01. The average molecular weight is 206 g/mol. The van der Waals surface area contributed by atoms with Gasteiger partial charge in [-0.05, 0) is 24.6 Å². The van der Waals surface area contributed by atoms with Gasteiger partial charge in [0.05, 0.1) is 18.9 Å². The van der Waals surface area contributed by atoms with Crippen LogP contribution in [0.15, 0.2) is 23.5 Å². The third kappa shape index (κ3) is 3.02. The Labute approximate surface area is 88.9 Å². The summed E-state index contributed by atoms with van der Waals surface area (Å²) in [5.74, 6) is 0. The third-order valence-electron chi connectivity index (χ3n) is 2.17. The minimum absolute atomic E-state index is 0.557. The fourth-order valence-electron chi connectivity index (χ4n) is 1.43. The maximum atomic E-state index is 5.52. The molecule has 0 unspecified atom stereocenters. The molecule has 1 aromatic heterocycles. The van der Waals surface area contributed by atoms with Crippen LogP contribution in [0.4, 0.5) is 0 Å². The zero-order valence-electron chi connectivity index (χ0n) is 8.77. The van der Waals surface area contributed by atoms with Gasteiger partial charge in [-0.2, -0.15) is 0 Å². The zero-order chi connectivity index (χ0) is 10.5. The molecule has 4 nitrogen and oxygen atoms in total. The molecule has 0 atom stereocenters. The van der Waals surface area contributed by atoms with Crippen molar-refractivity contribution in [2.45, 2.75) is 20.0 Å². The summed E-state index contributed by atoms with van der Waals surface area (Å²) < 4.78 is 5.52. The Morgan fingerprint density at radius 2 is 2.40 bits per heavy atom. The van der Waals surface area contributed by atoms with E-state index in [-0.39, 0.29) is 0 Å². The molecule has 0 aromatic carbocycles. The summed E-state index contributed by atoms with van der Waals surface area (Å²) >= 11 is 0. The van der Waals surface area contributed by atoms with E-state index in [4.69, 9.17) is 9.57 Å². The van der Waals surface area contributed by atoms with Gasteiger partial charge in [0.25, 0.3) is 0 Å². The number of hydrogen-bond donors (Lipinski definition) is 0. The van der Waals surface area contributed by atoms with Crippen LogP contribution in [0.3, 0.4) is 0 Å². The van der Waals surface area contributed by atoms with Crippen molar-refractivity contribution in [2.75, 3.05) is 13.2 Å². The lowest BCUT2D eigenvalue weighted by molar-refractivity contribution is 0.154. The van der Waals surface area contributed by atoms with Crippen molar-refractivity contribution in [2.24, 2.45) is 5.16 Å². The number of oxime groups is 1. The van der Waals surface area contributed by atoms with Crippen LogP contribution in [-0.2, 0) is 16.2 Å². The quantitative estimate of drug-likeness (QED) is 0.752. The summed E-state index contributed by atoms with van der Waals surface area (Å²) in [7, 11) is 0. The van der Waals surface area contributed by atoms with Crippen LogP contribution in [-0.4, -0.2) is 23.9 Å². The smallest absolute Gasteiger partial charge is 0.122 e. The molecule has 0 fully saturated rings. The van der Waals surface area contributed by atoms with E-state index in [1.165, 1.54) is 0 Å². The normalized spacial score (nSPS) is 14.9.